The highest BCUT2D eigenvalue weighted by Crippen LogP contribution is 2.48. The second kappa shape index (κ2) is 11.4. The van der Waals surface area contributed by atoms with E-state index in [1.807, 2.05) is 0 Å². The maximum absolute atomic E-state index is 16.7. The van der Waals surface area contributed by atoms with Gasteiger partial charge in [-0.15, -0.1) is 0 Å². The van der Waals surface area contributed by atoms with E-state index in [0.29, 0.717) is 43.0 Å². The van der Waals surface area contributed by atoms with Crippen LogP contribution in [-0.2, 0) is 6.18 Å². The van der Waals surface area contributed by atoms with Crippen LogP contribution in [0.3, 0.4) is 0 Å². The molecule has 3 saturated heterocycles. The van der Waals surface area contributed by atoms with Crippen molar-refractivity contribution < 1.29 is 22.3 Å². The predicted octanol–water partition coefficient (Wildman–Crippen LogP) is 6.37. The molecule has 2 bridgehead atoms. The van der Waals surface area contributed by atoms with Crippen molar-refractivity contribution in [3.05, 3.63) is 34.1 Å². The van der Waals surface area contributed by atoms with E-state index in [-0.39, 0.29) is 39.4 Å². The number of nitrogen functional groups attached to an aromatic ring is 1. The van der Waals surface area contributed by atoms with Crippen molar-refractivity contribution in [1.29, 1.82) is 0 Å². The van der Waals surface area contributed by atoms with Gasteiger partial charge in [-0.25, -0.2) is 9.37 Å². The Hall–Kier alpha value is -2.96. The first-order valence-corrected chi connectivity index (χ1v) is 16.2. The normalized spacial score (nSPS) is 27.2. The number of ether oxygens (including phenoxy) is 1. The molecular formula is C32H38ClF4N7O. The Kier molecular flexibility index (Phi) is 7.76. The van der Waals surface area contributed by atoms with Crippen molar-refractivity contribution in [2.75, 3.05) is 43.9 Å². The van der Waals surface area contributed by atoms with Crippen molar-refractivity contribution in [3.8, 4) is 17.3 Å². The monoisotopic (exact) mass is 647 g/mol. The van der Waals surface area contributed by atoms with Crippen LogP contribution in [0.1, 0.15) is 62.5 Å². The zero-order chi connectivity index (χ0) is 31.7. The molecule has 5 heterocycles. The molecule has 1 saturated carbocycles. The van der Waals surface area contributed by atoms with Crippen molar-refractivity contribution in [2.45, 2.75) is 82.6 Å². The zero-order valence-electron chi connectivity index (χ0n) is 25.5. The van der Waals surface area contributed by atoms with E-state index in [2.05, 4.69) is 32.1 Å². The maximum Gasteiger partial charge on any atom is 0.418 e. The minimum Gasteiger partial charge on any atom is -0.463 e. The van der Waals surface area contributed by atoms with Crippen LogP contribution in [0.2, 0.25) is 5.02 Å². The number of likely N-dealkylation sites (tertiary alicyclic amines) is 1. The summed E-state index contributed by atoms with van der Waals surface area (Å²) in [6.07, 6.45) is 3.50. The number of nitrogens with one attached hydrogen (secondary N) is 1. The summed E-state index contributed by atoms with van der Waals surface area (Å²) in [5.74, 6) is -0.725. The van der Waals surface area contributed by atoms with Gasteiger partial charge in [-0.2, -0.15) is 23.1 Å². The lowest BCUT2D eigenvalue weighted by molar-refractivity contribution is -0.137. The molecule has 0 spiro atoms. The Balaban J connectivity index is 1.37. The molecule has 242 valence electrons. The minimum absolute atomic E-state index is 0.00745. The molecule has 8 nitrogen and oxygen atoms in total. The minimum atomic E-state index is -4.82. The summed E-state index contributed by atoms with van der Waals surface area (Å²) in [6.45, 7) is 4.01. The highest BCUT2D eigenvalue weighted by atomic mass is 35.5. The average molecular weight is 648 g/mol. The molecule has 3 N–H and O–H groups in total. The molecule has 0 radical (unpaired) electrons. The molecule has 4 atom stereocenters. The third kappa shape index (κ3) is 5.46. The van der Waals surface area contributed by atoms with Crippen molar-refractivity contribution in [2.24, 2.45) is 5.41 Å². The van der Waals surface area contributed by atoms with Crippen LogP contribution in [-0.4, -0.2) is 71.3 Å². The number of rotatable bonds is 5. The van der Waals surface area contributed by atoms with Crippen LogP contribution in [0.15, 0.2) is 12.1 Å². The molecule has 45 heavy (non-hydrogen) atoms. The third-order valence-electron chi connectivity index (χ3n) is 10.5. The smallest absolute Gasteiger partial charge is 0.418 e. The summed E-state index contributed by atoms with van der Waals surface area (Å²) >= 11 is 6.64. The van der Waals surface area contributed by atoms with E-state index in [1.54, 1.807) is 0 Å². The lowest BCUT2D eigenvalue weighted by Crippen LogP contribution is -2.50. The summed E-state index contributed by atoms with van der Waals surface area (Å²) in [6, 6.07) is 3.61. The van der Waals surface area contributed by atoms with E-state index in [0.717, 1.165) is 64.0 Å². The number of pyridine rings is 1. The molecule has 13 heteroatoms. The van der Waals surface area contributed by atoms with Gasteiger partial charge in [0.15, 0.2) is 5.82 Å². The summed E-state index contributed by atoms with van der Waals surface area (Å²) in [4.78, 5) is 17.8. The first kappa shape index (κ1) is 30.7. The summed E-state index contributed by atoms with van der Waals surface area (Å²) in [5.41, 5.74) is 3.23. The van der Waals surface area contributed by atoms with E-state index in [1.165, 1.54) is 13.0 Å². The van der Waals surface area contributed by atoms with Crippen LogP contribution in [0.25, 0.3) is 22.2 Å². The lowest BCUT2D eigenvalue weighted by Gasteiger charge is -2.44. The van der Waals surface area contributed by atoms with Gasteiger partial charge in [0, 0.05) is 42.0 Å². The molecule has 1 aromatic carbocycles. The molecular weight excluding hydrogens is 610 g/mol. The predicted molar refractivity (Wildman–Crippen MR) is 166 cm³/mol. The lowest BCUT2D eigenvalue weighted by atomic mass is 9.76. The van der Waals surface area contributed by atoms with Gasteiger partial charge >= 0.3 is 12.2 Å². The van der Waals surface area contributed by atoms with Gasteiger partial charge in [-0.1, -0.05) is 18.0 Å². The fourth-order valence-electron chi connectivity index (χ4n) is 8.44. The Morgan fingerprint density at radius 1 is 1.07 bits per heavy atom. The highest BCUT2D eigenvalue weighted by molar-refractivity contribution is 6.34. The van der Waals surface area contributed by atoms with Gasteiger partial charge in [-0.05, 0) is 83.2 Å². The van der Waals surface area contributed by atoms with Gasteiger partial charge in [0.2, 0.25) is 0 Å². The summed E-state index contributed by atoms with van der Waals surface area (Å²) in [5, 5.41) is 3.74. The highest BCUT2D eigenvalue weighted by Gasteiger charge is 2.47. The SMILES string of the molecule is Cc1cc(N)nc(-c2c(Cl)cc3c(N4CC[C@H]5CC[C@@H](C4)N5)nc(OC[C@]45CCC[C@H]4N(C)CCC5)nc3c2F)c1C(F)(F)F. The van der Waals surface area contributed by atoms with Gasteiger partial charge in [0.05, 0.1) is 28.5 Å². The number of anilines is 2. The number of nitrogens with zero attached hydrogens (tertiary/aromatic N) is 5. The Labute approximate surface area is 264 Å². The first-order chi connectivity index (χ1) is 21.4. The molecule has 2 aromatic heterocycles. The van der Waals surface area contributed by atoms with Crippen LogP contribution in [0.5, 0.6) is 6.01 Å². The number of benzene rings is 1. The maximum atomic E-state index is 16.7. The molecule has 7 rings (SSSR count). The number of piperidine rings is 1. The number of hydrogen-bond acceptors (Lipinski definition) is 8. The van der Waals surface area contributed by atoms with E-state index in [4.69, 9.17) is 27.1 Å². The van der Waals surface area contributed by atoms with Crippen molar-refractivity contribution in [1.82, 2.24) is 25.2 Å². The first-order valence-electron chi connectivity index (χ1n) is 15.8. The van der Waals surface area contributed by atoms with E-state index in [9.17, 15) is 13.2 Å². The topological polar surface area (TPSA) is 92.4 Å². The van der Waals surface area contributed by atoms with Crippen LogP contribution in [0.4, 0.5) is 29.2 Å². The second-order valence-corrected chi connectivity index (χ2v) is 13.8. The van der Waals surface area contributed by atoms with Gasteiger partial charge in [0.25, 0.3) is 0 Å². The average Bonchev–Trinajstić information content (AvgIpc) is 3.54. The second-order valence-electron chi connectivity index (χ2n) is 13.4. The van der Waals surface area contributed by atoms with Gasteiger partial charge < -0.3 is 25.6 Å². The molecule has 4 aliphatic rings. The van der Waals surface area contributed by atoms with Crippen molar-refractivity contribution in [3.63, 3.8) is 0 Å². The number of halogens is 5. The molecule has 0 amide bonds. The number of fused-ring (bicyclic) bond motifs is 4. The fourth-order valence-corrected chi connectivity index (χ4v) is 8.72. The molecule has 1 aliphatic carbocycles. The fraction of sp³-hybridized carbons (Fsp3) is 0.594. The van der Waals surface area contributed by atoms with E-state index >= 15 is 4.39 Å². The molecule has 4 fully saturated rings. The van der Waals surface area contributed by atoms with Gasteiger partial charge in [-0.3, -0.25) is 0 Å². The van der Waals surface area contributed by atoms with Crippen LogP contribution in [0, 0.1) is 18.2 Å². The van der Waals surface area contributed by atoms with Gasteiger partial charge in [0.1, 0.15) is 17.2 Å². The Morgan fingerprint density at radius 3 is 2.64 bits per heavy atom. The number of nitrogens with two attached hydrogens (primary N) is 1. The standard InChI is InChI=1S/C32H38ClF4N7O/c1-17-13-23(38)40-28(25(17)32(35,36)37)24-21(33)14-20-27(26(24)34)41-30(42-29(20)44-12-8-18-6-7-19(15-44)39-18)45-16-31-9-3-5-22(31)43(2)11-4-10-31/h13-14,18-19,22,39H,3-12,15-16H2,1-2H3,(H2,38,40)/t18-,19+,22-,31-/m1/s1. The Bertz CT molecular complexity index is 1640. The summed E-state index contributed by atoms with van der Waals surface area (Å²) in [7, 11) is 2.15. The number of hydrogen-bond donors (Lipinski definition) is 2. The molecule has 0 unspecified atom stereocenters. The van der Waals surface area contributed by atoms with Crippen LogP contribution < -0.4 is 20.7 Å². The molecule has 3 aliphatic heterocycles. The molecule has 3 aromatic rings. The Morgan fingerprint density at radius 2 is 1.84 bits per heavy atom. The van der Waals surface area contributed by atoms with Crippen molar-refractivity contribution >= 4 is 34.1 Å². The zero-order valence-corrected chi connectivity index (χ0v) is 26.2. The van der Waals surface area contributed by atoms with E-state index < -0.39 is 28.8 Å². The quantitative estimate of drug-likeness (QED) is 0.309. The largest absolute Gasteiger partial charge is 0.463 e. The summed E-state index contributed by atoms with van der Waals surface area (Å²) < 4.78 is 66.0. The third-order valence-corrected chi connectivity index (χ3v) is 10.8. The number of alkyl halides is 3. The van der Waals surface area contributed by atoms with Crippen LogP contribution >= 0.6 is 11.6 Å². The number of aryl methyl sites for hydroxylation is 1. The number of aromatic nitrogens is 3.